The summed E-state index contributed by atoms with van der Waals surface area (Å²) in [7, 11) is 1.93. The summed E-state index contributed by atoms with van der Waals surface area (Å²) in [5, 5.41) is 0. The predicted molar refractivity (Wildman–Crippen MR) is 85.5 cm³/mol. The lowest BCUT2D eigenvalue weighted by molar-refractivity contribution is -0.137. The standard InChI is InChI=1S/C18H15F3N2O/c1-23(16-5-3-2-4-6-16)11-15-12-24-17(22-15)13-7-9-14(10-8-13)18(19,20)21/h2-10,12H,11H2,1H3. The second-order valence-electron chi connectivity index (χ2n) is 5.41. The first-order chi connectivity index (χ1) is 11.4. The molecule has 3 rings (SSSR count). The Labute approximate surface area is 137 Å². The quantitative estimate of drug-likeness (QED) is 0.673. The highest BCUT2D eigenvalue weighted by Gasteiger charge is 2.30. The summed E-state index contributed by atoms with van der Waals surface area (Å²) in [6, 6.07) is 14.6. The number of nitrogens with zero attached hydrogens (tertiary/aromatic N) is 2. The van der Waals surface area contributed by atoms with Gasteiger partial charge in [0.2, 0.25) is 5.89 Å². The number of halogens is 3. The average Bonchev–Trinajstić information content (AvgIpc) is 3.03. The van der Waals surface area contributed by atoms with Crippen LogP contribution in [0.15, 0.2) is 65.3 Å². The highest BCUT2D eigenvalue weighted by Crippen LogP contribution is 2.30. The topological polar surface area (TPSA) is 29.3 Å². The van der Waals surface area contributed by atoms with Crippen LogP contribution >= 0.6 is 0 Å². The molecule has 0 saturated heterocycles. The molecule has 0 aliphatic carbocycles. The van der Waals surface area contributed by atoms with Crippen LogP contribution in [-0.2, 0) is 12.7 Å². The molecule has 1 aromatic heterocycles. The number of alkyl halides is 3. The van der Waals surface area contributed by atoms with E-state index >= 15 is 0 Å². The van der Waals surface area contributed by atoms with Gasteiger partial charge in [0, 0.05) is 18.3 Å². The minimum Gasteiger partial charge on any atom is -0.444 e. The van der Waals surface area contributed by atoms with Crippen molar-refractivity contribution in [1.82, 2.24) is 4.98 Å². The zero-order valence-corrected chi connectivity index (χ0v) is 12.9. The van der Waals surface area contributed by atoms with E-state index in [1.54, 1.807) is 0 Å². The second-order valence-corrected chi connectivity index (χ2v) is 5.41. The number of anilines is 1. The van der Waals surface area contributed by atoms with Crippen molar-refractivity contribution in [2.24, 2.45) is 0 Å². The number of para-hydroxylation sites is 1. The van der Waals surface area contributed by atoms with Gasteiger partial charge in [-0.15, -0.1) is 0 Å². The molecule has 0 radical (unpaired) electrons. The molecular weight excluding hydrogens is 317 g/mol. The van der Waals surface area contributed by atoms with Crippen molar-refractivity contribution in [3.63, 3.8) is 0 Å². The molecule has 0 fully saturated rings. The first kappa shape index (κ1) is 16.1. The van der Waals surface area contributed by atoms with Gasteiger partial charge >= 0.3 is 6.18 Å². The molecule has 0 bridgehead atoms. The van der Waals surface area contributed by atoms with Crippen molar-refractivity contribution in [1.29, 1.82) is 0 Å². The van der Waals surface area contributed by atoms with Crippen LogP contribution in [0.1, 0.15) is 11.3 Å². The number of aromatic nitrogens is 1. The maximum Gasteiger partial charge on any atom is 0.416 e. The third-order valence-corrected chi connectivity index (χ3v) is 3.61. The Bertz CT molecular complexity index is 795. The van der Waals surface area contributed by atoms with Gasteiger partial charge in [-0.1, -0.05) is 18.2 Å². The Kier molecular flexibility index (Phi) is 4.29. The minimum atomic E-state index is -4.35. The number of rotatable bonds is 4. The van der Waals surface area contributed by atoms with Gasteiger partial charge in [-0.2, -0.15) is 13.2 Å². The first-order valence-electron chi connectivity index (χ1n) is 7.32. The molecule has 0 spiro atoms. The van der Waals surface area contributed by atoms with E-state index < -0.39 is 11.7 Å². The van der Waals surface area contributed by atoms with Gasteiger partial charge in [0.1, 0.15) is 6.26 Å². The van der Waals surface area contributed by atoms with Crippen LogP contribution in [-0.4, -0.2) is 12.0 Å². The number of benzene rings is 2. The minimum absolute atomic E-state index is 0.306. The molecule has 0 atom stereocenters. The summed E-state index contributed by atoms with van der Waals surface area (Å²) >= 11 is 0. The lowest BCUT2D eigenvalue weighted by Gasteiger charge is -2.17. The van der Waals surface area contributed by atoms with Crippen LogP contribution in [0.4, 0.5) is 18.9 Å². The largest absolute Gasteiger partial charge is 0.444 e. The third kappa shape index (κ3) is 3.59. The fourth-order valence-corrected chi connectivity index (χ4v) is 2.33. The third-order valence-electron chi connectivity index (χ3n) is 3.61. The summed E-state index contributed by atoms with van der Waals surface area (Å²) < 4.78 is 43.2. The van der Waals surface area contributed by atoms with Crippen molar-refractivity contribution >= 4 is 5.69 Å². The van der Waals surface area contributed by atoms with Gasteiger partial charge < -0.3 is 9.32 Å². The predicted octanol–water partition coefficient (Wildman–Crippen LogP) is 5.00. The Hall–Kier alpha value is -2.76. The number of oxazole rings is 1. The van der Waals surface area contributed by atoms with E-state index in [1.165, 1.54) is 18.4 Å². The van der Waals surface area contributed by atoms with Crippen LogP contribution in [0.3, 0.4) is 0 Å². The highest BCUT2D eigenvalue weighted by molar-refractivity contribution is 5.54. The smallest absolute Gasteiger partial charge is 0.416 e. The molecule has 2 aromatic carbocycles. The second kappa shape index (κ2) is 6.39. The van der Waals surface area contributed by atoms with E-state index in [-0.39, 0.29) is 0 Å². The highest BCUT2D eigenvalue weighted by atomic mass is 19.4. The molecule has 0 amide bonds. The number of hydrogen-bond donors (Lipinski definition) is 0. The van der Waals surface area contributed by atoms with Crippen molar-refractivity contribution in [3.05, 3.63) is 72.1 Å². The van der Waals surface area contributed by atoms with E-state index in [0.717, 1.165) is 17.8 Å². The Morgan fingerprint density at radius 2 is 1.67 bits per heavy atom. The van der Waals surface area contributed by atoms with Crippen molar-refractivity contribution in [2.75, 3.05) is 11.9 Å². The van der Waals surface area contributed by atoms with Crippen molar-refractivity contribution in [3.8, 4) is 11.5 Å². The molecule has 3 aromatic rings. The molecule has 24 heavy (non-hydrogen) atoms. The fourth-order valence-electron chi connectivity index (χ4n) is 2.33. The van der Waals surface area contributed by atoms with E-state index in [9.17, 15) is 13.2 Å². The molecule has 0 N–H and O–H groups in total. The normalized spacial score (nSPS) is 11.5. The molecule has 3 nitrogen and oxygen atoms in total. The van der Waals surface area contributed by atoms with Gasteiger partial charge in [0.15, 0.2) is 0 Å². The van der Waals surface area contributed by atoms with E-state index in [0.29, 0.717) is 23.7 Å². The molecule has 0 aliphatic rings. The zero-order chi connectivity index (χ0) is 17.2. The Morgan fingerprint density at radius 1 is 1.00 bits per heavy atom. The number of hydrogen-bond acceptors (Lipinski definition) is 3. The lowest BCUT2D eigenvalue weighted by Crippen LogP contribution is -2.16. The van der Waals surface area contributed by atoms with Crippen LogP contribution in [0.25, 0.3) is 11.5 Å². The SMILES string of the molecule is CN(Cc1coc(-c2ccc(C(F)(F)F)cc2)n1)c1ccccc1. The molecule has 6 heteroatoms. The summed E-state index contributed by atoms with van der Waals surface area (Å²) in [5.41, 5.74) is 1.56. The maximum atomic E-state index is 12.6. The molecule has 0 aliphatic heterocycles. The summed E-state index contributed by atoms with van der Waals surface area (Å²) in [4.78, 5) is 6.36. The Balaban J connectivity index is 1.74. The summed E-state index contributed by atoms with van der Waals surface area (Å²) in [5.74, 6) is 0.306. The lowest BCUT2D eigenvalue weighted by atomic mass is 10.1. The van der Waals surface area contributed by atoms with E-state index in [2.05, 4.69) is 4.98 Å². The van der Waals surface area contributed by atoms with Crippen molar-refractivity contribution < 1.29 is 17.6 Å². The molecule has 1 heterocycles. The van der Waals surface area contributed by atoms with E-state index in [4.69, 9.17) is 4.42 Å². The van der Waals surface area contributed by atoms with Gasteiger partial charge in [-0.05, 0) is 36.4 Å². The monoisotopic (exact) mass is 332 g/mol. The molecule has 0 saturated carbocycles. The zero-order valence-electron chi connectivity index (χ0n) is 12.9. The van der Waals surface area contributed by atoms with Gasteiger partial charge in [0.05, 0.1) is 17.8 Å². The maximum absolute atomic E-state index is 12.6. The Morgan fingerprint density at radius 3 is 2.29 bits per heavy atom. The fraction of sp³-hybridized carbons (Fsp3) is 0.167. The van der Waals surface area contributed by atoms with Crippen LogP contribution in [0, 0.1) is 0 Å². The average molecular weight is 332 g/mol. The van der Waals surface area contributed by atoms with Gasteiger partial charge in [-0.25, -0.2) is 4.98 Å². The molecule has 124 valence electrons. The molecular formula is C18H15F3N2O. The van der Waals surface area contributed by atoms with Crippen molar-refractivity contribution in [2.45, 2.75) is 12.7 Å². The van der Waals surface area contributed by atoms with Crippen LogP contribution in [0.2, 0.25) is 0 Å². The summed E-state index contributed by atoms with van der Waals surface area (Å²) in [6.07, 6.45) is -2.83. The van der Waals surface area contributed by atoms with Gasteiger partial charge in [0.25, 0.3) is 0 Å². The van der Waals surface area contributed by atoms with E-state index in [1.807, 2.05) is 42.3 Å². The van der Waals surface area contributed by atoms with Crippen LogP contribution < -0.4 is 4.90 Å². The molecule has 0 unspecified atom stereocenters. The van der Waals surface area contributed by atoms with Crippen LogP contribution in [0.5, 0.6) is 0 Å². The first-order valence-corrected chi connectivity index (χ1v) is 7.32. The summed E-state index contributed by atoms with van der Waals surface area (Å²) in [6.45, 7) is 0.536. The van der Waals surface area contributed by atoms with Gasteiger partial charge in [-0.3, -0.25) is 0 Å².